The summed E-state index contributed by atoms with van der Waals surface area (Å²) in [5.74, 6) is 0.418. The van der Waals surface area contributed by atoms with Crippen molar-refractivity contribution in [3.63, 3.8) is 0 Å². The molecule has 2 aromatic carbocycles. The Morgan fingerprint density at radius 1 is 1.21 bits per heavy atom. The number of hydrogen-bond acceptors (Lipinski definition) is 4. The normalized spacial score (nSPS) is 14.7. The molecule has 1 heterocycles. The van der Waals surface area contributed by atoms with Crippen LogP contribution in [-0.2, 0) is 28.0 Å². The van der Waals surface area contributed by atoms with Gasteiger partial charge in [-0.15, -0.1) is 0 Å². The zero-order valence-electron chi connectivity index (χ0n) is 17.5. The highest BCUT2D eigenvalue weighted by molar-refractivity contribution is 5.89. The maximum atomic E-state index is 11.5. The fourth-order valence-electron chi connectivity index (χ4n) is 3.42. The van der Waals surface area contributed by atoms with Gasteiger partial charge in [-0.1, -0.05) is 12.1 Å². The number of carbonyl (C=O) groups excluding carboxylic acids is 1. The predicted octanol–water partition coefficient (Wildman–Crippen LogP) is 4.30. The van der Waals surface area contributed by atoms with E-state index < -0.39 is 11.4 Å². The number of nitrogens with one attached hydrogen (secondary N) is 1. The van der Waals surface area contributed by atoms with Gasteiger partial charge in [-0.25, -0.2) is 0 Å². The van der Waals surface area contributed by atoms with Crippen LogP contribution in [0.5, 0.6) is 11.5 Å². The molecular weight excluding hydrogens is 370 g/mol. The molecule has 0 fully saturated rings. The Hall–Kier alpha value is -3.02. The molecule has 3 rings (SSSR count). The highest BCUT2D eigenvalue weighted by Gasteiger charge is 2.33. The lowest BCUT2D eigenvalue weighted by molar-refractivity contribution is -0.142. The van der Waals surface area contributed by atoms with Gasteiger partial charge in [-0.3, -0.25) is 9.59 Å². The molecule has 1 aliphatic heterocycles. The Morgan fingerprint density at radius 2 is 1.86 bits per heavy atom. The summed E-state index contributed by atoms with van der Waals surface area (Å²) >= 11 is 0. The molecule has 0 spiro atoms. The van der Waals surface area contributed by atoms with Crippen molar-refractivity contribution in [3.05, 3.63) is 53.1 Å². The smallest absolute Gasteiger partial charge is 0.313 e. The molecular formula is C23H27NO5. The summed E-state index contributed by atoms with van der Waals surface area (Å²) < 4.78 is 12.0. The minimum Gasteiger partial charge on any atom is -0.489 e. The van der Waals surface area contributed by atoms with Gasteiger partial charge in [-0.2, -0.15) is 0 Å². The molecule has 0 atom stereocenters. The van der Waals surface area contributed by atoms with Crippen LogP contribution in [0.3, 0.4) is 0 Å². The Balaban J connectivity index is 1.81. The van der Waals surface area contributed by atoms with Crippen molar-refractivity contribution in [1.29, 1.82) is 0 Å². The SMILES string of the molecule is CC(=O)Nc1cc(COc2ccc(C(C)(C)C(=O)O)cc2)c2c(c1)CC(C)(C)O2. The standard InChI is InChI=1S/C23H27NO5/c1-14(25)24-18-10-15-12-22(2,3)29-20(15)16(11-18)13-28-19-8-6-17(7-9-19)23(4,5)21(26)27/h6-11H,12-13H2,1-5H3,(H,24,25)(H,26,27). The van der Waals surface area contributed by atoms with Gasteiger partial charge in [0.15, 0.2) is 0 Å². The van der Waals surface area contributed by atoms with Crippen LogP contribution in [-0.4, -0.2) is 22.6 Å². The second-order valence-corrected chi connectivity index (χ2v) is 8.59. The van der Waals surface area contributed by atoms with Crippen LogP contribution in [0.15, 0.2) is 36.4 Å². The van der Waals surface area contributed by atoms with Crippen molar-refractivity contribution in [1.82, 2.24) is 0 Å². The number of anilines is 1. The van der Waals surface area contributed by atoms with Crippen molar-refractivity contribution >= 4 is 17.6 Å². The lowest BCUT2D eigenvalue weighted by Crippen LogP contribution is -2.28. The van der Waals surface area contributed by atoms with Gasteiger partial charge < -0.3 is 19.9 Å². The van der Waals surface area contributed by atoms with E-state index in [0.717, 1.165) is 29.0 Å². The predicted molar refractivity (Wildman–Crippen MR) is 111 cm³/mol. The van der Waals surface area contributed by atoms with E-state index in [9.17, 15) is 14.7 Å². The number of benzene rings is 2. The van der Waals surface area contributed by atoms with Crippen LogP contribution < -0.4 is 14.8 Å². The molecule has 0 bridgehead atoms. The first-order chi connectivity index (χ1) is 13.5. The zero-order valence-corrected chi connectivity index (χ0v) is 17.5. The number of ether oxygens (including phenoxy) is 2. The van der Waals surface area contributed by atoms with Gasteiger partial charge in [0.2, 0.25) is 5.91 Å². The monoisotopic (exact) mass is 397 g/mol. The van der Waals surface area contributed by atoms with Gasteiger partial charge >= 0.3 is 5.97 Å². The molecule has 154 valence electrons. The number of amides is 1. The second-order valence-electron chi connectivity index (χ2n) is 8.59. The highest BCUT2D eigenvalue weighted by Crippen LogP contribution is 2.40. The van der Waals surface area contributed by atoms with Gasteiger partial charge in [0.25, 0.3) is 0 Å². The molecule has 0 radical (unpaired) electrons. The molecule has 0 aliphatic carbocycles. The molecule has 1 aliphatic rings. The van der Waals surface area contributed by atoms with E-state index in [1.54, 1.807) is 38.1 Å². The molecule has 1 amide bonds. The quantitative estimate of drug-likeness (QED) is 0.759. The first-order valence-electron chi connectivity index (χ1n) is 9.57. The van der Waals surface area contributed by atoms with Crippen LogP contribution in [0.25, 0.3) is 0 Å². The summed E-state index contributed by atoms with van der Waals surface area (Å²) in [6, 6.07) is 10.9. The van der Waals surface area contributed by atoms with E-state index in [1.165, 1.54) is 6.92 Å². The highest BCUT2D eigenvalue weighted by atomic mass is 16.5. The number of carboxylic acids is 1. The third-order valence-corrected chi connectivity index (χ3v) is 5.06. The molecule has 6 heteroatoms. The number of carbonyl (C=O) groups is 2. The lowest BCUT2D eigenvalue weighted by Gasteiger charge is -2.20. The van der Waals surface area contributed by atoms with Crippen molar-refractivity contribution in [2.45, 2.75) is 58.7 Å². The topological polar surface area (TPSA) is 84.9 Å². The number of carboxylic acid groups (broad SMARTS) is 1. The first kappa shape index (κ1) is 20.7. The minimum atomic E-state index is -0.967. The van der Waals surface area contributed by atoms with E-state index >= 15 is 0 Å². The van der Waals surface area contributed by atoms with Gasteiger partial charge in [-0.05, 0) is 57.5 Å². The van der Waals surface area contributed by atoms with E-state index in [4.69, 9.17) is 9.47 Å². The fourth-order valence-corrected chi connectivity index (χ4v) is 3.42. The lowest BCUT2D eigenvalue weighted by atomic mass is 9.85. The van der Waals surface area contributed by atoms with Crippen LogP contribution in [0.4, 0.5) is 5.69 Å². The molecule has 0 aromatic heterocycles. The minimum absolute atomic E-state index is 0.133. The Kier molecular flexibility index (Phi) is 5.30. The van der Waals surface area contributed by atoms with Crippen molar-refractivity contribution in [2.24, 2.45) is 0 Å². The number of aliphatic carboxylic acids is 1. The van der Waals surface area contributed by atoms with E-state index in [-0.39, 0.29) is 18.1 Å². The molecule has 0 saturated heterocycles. The van der Waals surface area contributed by atoms with Crippen LogP contribution >= 0.6 is 0 Å². The third-order valence-electron chi connectivity index (χ3n) is 5.06. The second kappa shape index (κ2) is 7.43. The number of hydrogen-bond donors (Lipinski definition) is 2. The van der Waals surface area contributed by atoms with Crippen molar-refractivity contribution in [2.75, 3.05) is 5.32 Å². The summed E-state index contributed by atoms with van der Waals surface area (Å²) in [5.41, 5.74) is 2.04. The van der Waals surface area contributed by atoms with Crippen LogP contribution in [0.2, 0.25) is 0 Å². The molecule has 0 unspecified atom stereocenters. The third kappa shape index (κ3) is 4.53. The average Bonchev–Trinajstić information content (AvgIpc) is 2.93. The Bertz CT molecular complexity index is 944. The largest absolute Gasteiger partial charge is 0.489 e. The fraction of sp³-hybridized carbons (Fsp3) is 0.391. The maximum Gasteiger partial charge on any atom is 0.313 e. The zero-order chi connectivity index (χ0) is 21.4. The van der Waals surface area contributed by atoms with Gasteiger partial charge in [0.05, 0.1) is 5.41 Å². The van der Waals surface area contributed by atoms with Crippen molar-refractivity contribution < 1.29 is 24.2 Å². The maximum absolute atomic E-state index is 11.5. The molecule has 6 nitrogen and oxygen atoms in total. The molecule has 2 aromatic rings. The Morgan fingerprint density at radius 3 is 2.45 bits per heavy atom. The number of rotatable bonds is 6. The summed E-state index contributed by atoms with van der Waals surface area (Å²) in [5, 5.41) is 12.2. The van der Waals surface area contributed by atoms with E-state index in [0.29, 0.717) is 11.3 Å². The van der Waals surface area contributed by atoms with E-state index in [2.05, 4.69) is 5.32 Å². The number of fused-ring (bicyclic) bond motifs is 1. The van der Waals surface area contributed by atoms with Gasteiger partial charge in [0.1, 0.15) is 23.7 Å². The Labute approximate surface area is 170 Å². The first-order valence-corrected chi connectivity index (χ1v) is 9.57. The summed E-state index contributed by atoms with van der Waals surface area (Å²) in [6.45, 7) is 9.14. The van der Waals surface area contributed by atoms with E-state index in [1.807, 2.05) is 26.0 Å². The van der Waals surface area contributed by atoms with Gasteiger partial charge in [0, 0.05) is 30.2 Å². The molecule has 0 saturated carbocycles. The summed E-state index contributed by atoms with van der Waals surface area (Å²) in [6.07, 6.45) is 0.752. The van der Waals surface area contributed by atoms with Crippen LogP contribution in [0, 0.1) is 0 Å². The summed E-state index contributed by atoms with van der Waals surface area (Å²) in [7, 11) is 0. The summed E-state index contributed by atoms with van der Waals surface area (Å²) in [4.78, 5) is 22.9. The van der Waals surface area contributed by atoms with Crippen molar-refractivity contribution in [3.8, 4) is 11.5 Å². The molecule has 29 heavy (non-hydrogen) atoms. The molecule has 2 N–H and O–H groups in total. The average molecular weight is 397 g/mol. The van der Waals surface area contributed by atoms with Crippen LogP contribution in [0.1, 0.15) is 51.3 Å².